The average Bonchev–Trinajstić information content (AvgIpc) is 2.65. The molecule has 0 aliphatic heterocycles. The van der Waals surface area contributed by atoms with Crippen molar-refractivity contribution in [3.05, 3.63) is 76.8 Å². The van der Waals surface area contributed by atoms with Crippen molar-refractivity contribution in [3.63, 3.8) is 0 Å². The van der Waals surface area contributed by atoms with E-state index in [1.54, 1.807) is 49.6 Å². The van der Waals surface area contributed by atoms with E-state index >= 15 is 0 Å². The molecular weight excluding hydrogens is 337 g/mol. The van der Waals surface area contributed by atoms with Crippen molar-refractivity contribution in [1.29, 1.82) is 0 Å². The number of benzene rings is 2. The Kier molecular flexibility index (Phi) is 5.07. The molecule has 0 radical (unpaired) electrons. The first-order valence-electron chi connectivity index (χ1n) is 7.84. The van der Waals surface area contributed by atoms with Crippen LogP contribution in [0.3, 0.4) is 0 Å². The predicted octanol–water partition coefficient (Wildman–Crippen LogP) is 2.70. The molecule has 26 heavy (non-hydrogen) atoms. The van der Waals surface area contributed by atoms with Gasteiger partial charge in [0.2, 0.25) is 5.91 Å². The highest BCUT2D eigenvalue weighted by Crippen LogP contribution is 2.19. The van der Waals surface area contributed by atoms with Crippen molar-refractivity contribution in [2.75, 3.05) is 12.4 Å². The predicted molar refractivity (Wildman–Crippen MR) is 95.5 cm³/mol. The fourth-order valence-corrected chi connectivity index (χ4v) is 2.39. The number of rotatable bonds is 5. The van der Waals surface area contributed by atoms with Crippen LogP contribution in [-0.4, -0.2) is 22.8 Å². The third-order valence-corrected chi connectivity index (χ3v) is 3.68. The van der Waals surface area contributed by atoms with Crippen molar-refractivity contribution in [2.45, 2.75) is 6.54 Å². The van der Waals surface area contributed by atoms with Gasteiger partial charge in [-0.05, 0) is 42.5 Å². The normalized spacial score (nSPS) is 10.4. The van der Waals surface area contributed by atoms with E-state index in [0.29, 0.717) is 11.4 Å². The third kappa shape index (κ3) is 3.94. The van der Waals surface area contributed by atoms with Crippen LogP contribution in [0, 0.1) is 5.82 Å². The molecule has 7 heteroatoms. The van der Waals surface area contributed by atoms with Crippen molar-refractivity contribution < 1.29 is 13.9 Å². The molecule has 6 nitrogen and oxygen atoms in total. The van der Waals surface area contributed by atoms with Crippen LogP contribution in [0.1, 0.15) is 0 Å². The Labute approximate surface area is 148 Å². The molecule has 3 aromatic rings. The van der Waals surface area contributed by atoms with Gasteiger partial charge in [0, 0.05) is 17.3 Å². The summed E-state index contributed by atoms with van der Waals surface area (Å²) in [6, 6.07) is 15.6. The van der Waals surface area contributed by atoms with Crippen LogP contribution in [0.15, 0.2) is 65.5 Å². The number of amides is 1. The molecule has 0 unspecified atom stereocenters. The second-order valence-corrected chi connectivity index (χ2v) is 5.47. The lowest BCUT2D eigenvalue weighted by molar-refractivity contribution is -0.117. The third-order valence-electron chi connectivity index (χ3n) is 3.68. The van der Waals surface area contributed by atoms with E-state index in [9.17, 15) is 14.0 Å². The monoisotopic (exact) mass is 353 g/mol. The maximum atomic E-state index is 13.9. The van der Waals surface area contributed by atoms with Crippen molar-refractivity contribution in [2.24, 2.45) is 0 Å². The summed E-state index contributed by atoms with van der Waals surface area (Å²) in [7, 11) is 1.55. The minimum atomic E-state index is -0.451. The molecule has 0 spiro atoms. The molecule has 1 amide bonds. The Morgan fingerprint density at radius 2 is 1.85 bits per heavy atom. The summed E-state index contributed by atoms with van der Waals surface area (Å²) in [6.07, 6.45) is 0. The van der Waals surface area contributed by atoms with Crippen LogP contribution in [0.5, 0.6) is 5.75 Å². The maximum absolute atomic E-state index is 13.9. The summed E-state index contributed by atoms with van der Waals surface area (Å²) in [6.45, 7) is -0.285. The number of aromatic nitrogens is 2. The van der Waals surface area contributed by atoms with Gasteiger partial charge in [0.1, 0.15) is 18.1 Å². The molecule has 1 N–H and O–H groups in total. The van der Waals surface area contributed by atoms with E-state index in [-0.39, 0.29) is 17.8 Å². The summed E-state index contributed by atoms with van der Waals surface area (Å²) < 4.78 is 20.0. The SMILES string of the molecule is COc1ccc(NC(=O)Cn2nc(-c3ccccc3F)ccc2=O)cc1. The quantitative estimate of drug-likeness (QED) is 0.765. The Hall–Kier alpha value is -3.48. The molecule has 0 bridgehead atoms. The lowest BCUT2D eigenvalue weighted by Gasteiger charge is -2.09. The summed E-state index contributed by atoms with van der Waals surface area (Å²) >= 11 is 0. The summed E-state index contributed by atoms with van der Waals surface area (Å²) in [5.74, 6) is -0.207. The molecule has 1 aromatic heterocycles. The summed E-state index contributed by atoms with van der Waals surface area (Å²) in [5, 5.41) is 6.77. The number of nitrogens with one attached hydrogen (secondary N) is 1. The Morgan fingerprint density at radius 3 is 2.54 bits per heavy atom. The first kappa shape index (κ1) is 17.3. The Morgan fingerprint density at radius 1 is 1.12 bits per heavy atom. The number of anilines is 1. The topological polar surface area (TPSA) is 73.2 Å². The molecule has 3 rings (SSSR count). The number of hydrogen-bond donors (Lipinski definition) is 1. The van der Waals surface area contributed by atoms with Gasteiger partial charge in [-0.3, -0.25) is 9.59 Å². The van der Waals surface area contributed by atoms with Crippen LogP contribution in [0.2, 0.25) is 0 Å². The maximum Gasteiger partial charge on any atom is 0.267 e. The molecule has 1 heterocycles. The van der Waals surface area contributed by atoms with Gasteiger partial charge >= 0.3 is 0 Å². The molecule has 0 saturated heterocycles. The van der Waals surface area contributed by atoms with Crippen LogP contribution >= 0.6 is 0 Å². The molecule has 2 aromatic carbocycles. The number of nitrogens with zero attached hydrogens (tertiary/aromatic N) is 2. The smallest absolute Gasteiger partial charge is 0.267 e. The largest absolute Gasteiger partial charge is 0.497 e. The van der Waals surface area contributed by atoms with Gasteiger partial charge in [-0.1, -0.05) is 12.1 Å². The van der Waals surface area contributed by atoms with Gasteiger partial charge in [0.15, 0.2) is 0 Å². The number of hydrogen-bond acceptors (Lipinski definition) is 4. The van der Waals surface area contributed by atoms with Gasteiger partial charge < -0.3 is 10.1 Å². The number of carbonyl (C=O) groups excluding carboxylic acids is 1. The van der Waals surface area contributed by atoms with Gasteiger partial charge in [-0.2, -0.15) is 5.10 Å². The molecular formula is C19H16FN3O3. The van der Waals surface area contributed by atoms with Gasteiger partial charge in [-0.25, -0.2) is 9.07 Å². The zero-order valence-electron chi connectivity index (χ0n) is 14.0. The first-order chi connectivity index (χ1) is 12.6. The van der Waals surface area contributed by atoms with E-state index in [4.69, 9.17) is 4.74 Å². The Bertz CT molecular complexity index is 984. The van der Waals surface area contributed by atoms with Crippen LogP contribution < -0.4 is 15.6 Å². The fraction of sp³-hybridized carbons (Fsp3) is 0.105. The second kappa shape index (κ2) is 7.60. The molecule has 0 fully saturated rings. The van der Waals surface area contributed by atoms with Crippen LogP contribution in [-0.2, 0) is 11.3 Å². The number of carbonyl (C=O) groups is 1. The highest BCUT2D eigenvalue weighted by atomic mass is 19.1. The average molecular weight is 353 g/mol. The fourth-order valence-electron chi connectivity index (χ4n) is 2.39. The Balaban J connectivity index is 1.78. The number of halogens is 1. The van der Waals surface area contributed by atoms with Crippen molar-refractivity contribution >= 4 is 11.6 Å². The highest BCUT2D eigenvalue weighted by molar-refractivity contribution is 5.90. The van der Waals surface area contributed by atoms with Gasteiger partial charge in [-0.15, -0.1) is 0 Å². The first-order valence-corrected chi connectivity index (χ1v) is 7.84. The van der Waals surface area contributed by atoms with Crippen molar-refractivity contribution in [3.8, 4) is 17.0 Å². The zero-order valence-corrected chi connectivity index (χ0v) is 14.0. The minimum Gasteiger partial charge on any atom is -0.497 e. The van der Waals surface area contributed by atoms with Gasteiger partial charge in [0.25, 0.3) is 5.56 Å². The molecule has 0 aliphatic carbocycles. The van der Waals surface area contributed by atoms with E-state index in [0.717, 1.165) is 4.68 Å². The van der Waals surface area contributed by atoms with Gasteiger partial charge in [0.05, 0.1) is 12.8 Å². The minimum absolute atomic E-state index is 0.261. The number of ether oxygens (including phenoxy) is 1. The molecule has 0 atom stereocenters. The van der Waals surface area contributed by atoms with E-state index in [1.165, 1.54) is 18.2 Å². The van der Waals surface area contributed by atoms with Crippen molar-refractivity contribution in [1.82, 2.24) is 9.78 Å². The highest BCUT2D eigenvalue weighted by Gasteiger charge is 2.10. The molecule has 0 saturated carbocycles. The number of methoxy groups -OCH3 is 1. The lowest BCUT2D eigenvalue weighted by atomic mass is 10.1. The summed E-state index contributed by atoms with van der Waals surface area (Å²) in [4.78, 5) is 24.2. The summed E-state index contributed by atoms with van der Waals surface area (Å²) in [5.41, 5.74) is 0.654. The van der Waals surface area contributed by atoms with Crippen LogP contribution in [0.4, 0.5) is 10.1 Å². The van der Waals surface area contributed by atoms with E-state index in [1.807, 2.05) is 0 Å². The second-order valence-electron chi connectivity index (χ2n) is 5.47. The lowest BCUT2D eigenvalue weighted by Crippen LogP contribution is -2.29. The van der Waals surface area contributed by atoms with E-state index in [2.05, 4.69) is 10.4 Å². The molecule has 0 aliphatic rings. The zero-order chi connectivity index (χ0) is 18.5. The van der Waals surface area contributed by atoms with E-state index < -0.39 is 17.3 Å². The standard InChI is InChI=1S/C19H16FN3O3/c1-26-14-8-6-13(7-9-14)21-18(24)12-23-19(25)11-10-17(22-23)15-4-2-3-5-16(15)20/h2-11H,12H2,1H3,(H,21,24). The molecule has 132 valence electrons. The van der Waals surface area contributed by atoms with Crippen LogP contribution in [0.25, 0.3) is 11.3 Å².